The molecule has 0 aliphatic carbocycles. The molecule has 1 aromatic heterocycles. The van der Waals surface area contributed by atoms with Crippen LogP contribution in [0.5, 0.6) is 5.75 Å². The third kappa shape index (κ3) is 6.15. The summed E-state index contributed by atoms with van der Waals surface area (Å²) < 4.78 is 5.64. The van der Waals surface area contributed by atoms with Gasteiger partial charge < -0.3 is 20.3 Å². The van der Waals surface area contributed by atoms with Crippen molar-refractivity contribution in [1.82, 2.24) is 10.3 Å². The Bertz CT molecular complexity index is 713. The summed E-state index contributed by atoms with van der Waals surface area (Å²) in [4.78, 5) is 18.9. The van der Waals surface area contributed by atoms with Crippen LogP contribution in [0.1, 0.15) is 32.6 Å². The fraction of sp³-hybridized carbons (Fsp3) is 0.455. The summed E-state index contributed by atoms with van der Waals surface area (Å²) in [6, 6.07) is 13.4. The molecule has 1 aliphatic rings. The van der Waals surface area contributed by atoms with Crippen LogP contribution >= 0.6 is 0 Å². The molecule has 0 atom stereocenters. The molecule has 2 aromatic rings. The van der Waals surface area contributed by atoms with Gasteiger partial charge in [0.2, 0.25) is 0 Å². The van der Waals surface area contributed by atoms with E-state index in [9.17, 15) is 4.79 Å². The lowest BCUT2D eigenvalue weighted by Gasteiger charge is -2.32. The molecule has 0 bridgehead atoms. The Morgan fingerprint density at radius 2 is 1.96 bits per heavy atom. The molecule has 0 unspecified atom stereocenters. The Labute approximate surface area is 167 Å². The largest absolute Gasteiger partial charge is 0.494 e. The summed E-state index contributed by atoms with van der Waals surface area (Å²) in [5, 5.41) is 5.88. The highest BCUT2D eigenvalue weighted by molar-refractivity contribution is 5.89. The van der Waals surface area contributed by atoms with E-state index in [1.165, 1.54) is 0 Å². The number of hydrogen-bond acceptors (Lipinski definition) is 4. The molecule has 0 radical (unpaired) electrons. The Balaban J connectivity index is 1.35. The number of aromatic nitrogens is 1. The number of unbranched alkanes of at least 4 members (excludes halogenated alkanes) is 1. The molecule has 1 aromatic carbocycles. The highest BCUT2D eigenvalue weighted by atomic mass is 16.5. The highest BCUT2D eigenvalue weighted by Crippen LogP contribution is 2.21. The topological polar surface area (TPSA) is 66.5 Å². The number of carbonyl (C=O) groups is 1. The first-order chi connectivity index (χ1) is 13.7. The molecule has 0 saturated carbocycles. The number of nitrogens with zero attached hydrogens (tertiary/aromatic N) is 2. The number of anilines is 2. The van der Waals surface area contributed by atoms with E-state index >= 15 is 0 Å². The van der Waals surface area contributed by atoms with Gasteiger partial charge >= 0.3 is 6.03 Å². The van der Waals surface area contributed by atoms with Crippen molar-refractivity contribution in [3.8, 4) is 5.75 Å². The molecule has 2 heterocycles. The van der Waals surface area contributed by atoms with E-state index in [1.807, 2.05) is 48.7 Å². The Hall–Kier alpha value is -2.76. The van der Waals surface area contributed by atoms with E-state index < -0.39 is 0 Å². The van der Waals surface area contributed by atoms with Crippen LogP contribution < -0.4 is 20.3 Å². The lowest BCUT2D eigenvalue weighted by atomic mass is 9.97. The van der Waals surface area contributed by atoms with Crippen LogP contribution in [0.4, 0.5) is 16.3 Å². The van der Waals surface area contributed by atoms with E-state index in [1.54, 1.807) is 0 Å². The third-order valence-corrected chi connectivity index (χ3v) is 5.02. The van der Waals surface area contributed by atoms with Crippen LogP contribution in [0.3, 0.4) is 0 Å². The Morgan fingerprint density at radius 1 is 1.18 bits per heavy atom. The van der Waals surface area contributed by atoms with Crippen LogP contribution in [0, 0.1) is 5.92 Å². The summed E-state index contributed by atoms with van der Waals surface area (Å²) in [5.74, 6) is 2.37. The average molecular weight is 383 g/mol. The zero-order chi connectivity index (χ0) is 19.6. The van der Waals surface area contributed by atoms with E-state index in [0.717, 1.165) is 62.6 Å². The van der Waals surface area contributed by atoms with E-state index in [-0.39, 0.29) is 6.03 Å². The summed E-state index contributed by atoms with van der Waals surface area (Å²) in [6.07, 6.45) is 6.10. The minimum Gasteiger partial charge on any atom is -0.494 e. The number of piperidine rings is 1. The number of rotatable bonds is 8. The SMILES string of the molecule is CCCCOc1ccc(NC(=O)NCC2CCN(c3ccccn3)CC2)cc1. The molecule has 6 nitrogen and oxygen atoms in total. The van der Waals surface area contributed by atoms with Gasteiger partial charge in [-0.05, 0) is 61.6 Å². The molecule has 0 spiro atoms. The van der Waals surface area contributed by atoms with Gasteiger partial charge in [-0.15, -0.1) is 0 Å². The van der Waals surface area contributed by atoms with Crippen LogP contribution in [0.2, 0.25) is 0 Å². The molecular formula is C22H30N4O2. The van der Waals surface area contributed by atoms with Crippen molar-refractivity contribution in [1.29, 1.82) is 0 Å². The normalized spacial score (nSPS) is 14.5. The summed E-state index contributed by atoms with van der Waals surface area (Å²) >= 11 is 0. The van der Waals surface area contributed by atoms with Gasteiger partial charge in [-0.3, -0.25) is 0 Å². The van der Waals surface area contributed by atoms with E-state index in [2.05, 4.69) is 27.4 Å². The maximum Gasteiger partial charge on any atom is 0.319 e. The van der Waals surface area contributed by atoms with Crippen molar-refractivity contribution in [2.24, 2.45) is 5.92 Å². The van der Waals surface area contributed by atoms with Gasteiger partial charge in [0.05, 0.1) is 6.61 Å². The number of nitrogens with one attached hydrogen (secondary N) is 2. The van der Waals surface area contributed by atoms with Crippen LogP contribution in [-0.2, 0) is 0 Å². The number of pyridine rings is 1. The molecule has 1 aliphatic heterocycles. The van der Waals surface area contributed by atoms with Gasteiger partial charge in [-0.1, -0.05) is 19.4 Å². The van der Waals surface area contributed by atoms with Crippen LogP contribution in [0.15, 0.2) is 48.7 Å². The maximum atomic E-state index is 12.2. The summed E-state index contributed by atoms with van der Waals surface area (Å²) in [6.45, 7) is 5.51. The van der Waals surface area contributed by atoms with Gasteiger partial charge in [0.25, 0.3) is 0 Å². The minimum atomic E-state index is -0.160. The molecule has 1 saturated heterocycles. The van der Waals surface area contributed by atoms with Gasteiger partial charge in [-0.25, -0.2) is 9.78 Å². The lowest BCUT2D eigenvalue weighted by molar-refractivity contribution is 0.248. The number of urea groups is 1. The molecule has 150 valence electrons. The third-order valence-electron chi connectivity index (χ3n) is 5.02. The first kappa shape index (κ1) is 20.0. The smallest absolute Gasteiger partial charge is 0.319 e. The first-order valence-corrected chi connectivity index (χ1v) is 10.2. The second kappa shape index (κ2) is 10.5. The zero-order valence-electron chi connectivity index (χ0n) is 16.6. The number of hydrogen-bond donors (Lipinski definition) is 2. The standard InChI is InChI=1S/C22H30N4O2/c1-2-3-16-28-20-9-7-19(8-10-20)25-22(27)24-17-18-11-14-26(15-12-18)21-6-4-5-13-23-21/h4-10,13,18H,2-3,11-12,14-17H2,1H3,(H2,24,25,27). The molecule has 6 heteroatoms. The fourth-order valence-corrected chi connectivity index (χ4v) is 3.29. The first-order valence-electron chi connectivity index (χ1n) is 10.2. The molecule has 1 fully saturated rings. The van der Waals surface area contributed by atoms with Gasteiger partial charge in [-0.2, -0.15) is 0 Å². The predicted molar refractivity (Wildman–Crippen MR) is 113 cm³/mol. The number of carbonyl (C=O) groups excluding carboxylic acids is 1. The molecule has 28 heavy (non-hydrogen) atoms. The van der Waals surface area contributed by atoms with Crippen molar-refractivity contribution in [3.63, 3.8) is 0 Å². The summed E-state index contributed by atoms with van der Waals surface area (Å²) in [7, 11) is 0. The number of benzene rings is 1. The maximum absolute atomic E-state index is 12.2. The zero-order valence-corrected chi connectivity index (χ0v) is 16.6. The molecule has 3 rings (SSSR count). The molecular weight excluding hydrogens is 352 g/mol. The fourth-order valence-electron chi connectivity index (χ4n) is 3.29. The van der Waals surface area contributed by atoms with Gasteiger partial charge in [0, 0.05) is 31.5 Å². The van der Waals surface area contributed by atoms with Crippen LogP contribution in [0.25, 0.3) is 0 Å². The molecule has 2 N–H and O–H groups in total. The number of amides is 2. The summed E-state index contributed by atoms with van der Waals surface area (Å²) in [5.41, 5.74) is 0.769. The quantitative estimate of drug-likeness (QED) is 0.668. The van der Waals surface area contributed by atoms with Crippen molar-refractivity contribution in [2.75, 3.05) is 36.5 Å². The van der Waals surface area contributed by atoms with Gasteiger partial charge in [0.15, 0.2) is 0 Å². The Morgan fingerprint density at radius 3 is 2.64 bits per heavy atom. The van der Waals surface area contributed by atoms with E-state index in [4.69, 9.17) is 4.74 Å². The number of ether oxygens (including phenoxy) is 1. The highest BCUT2D eigenvalue weighted by Gasteiger charge is 2.20. The minimum absolute atomic E-state index is 0.160. The van der Waals surface area contributed by atoms with Gasteiger partial charge in [0.1, 0.15) is 11.6 Å². The second-order valence-electron chi connectivity index (χ2n) is 7.18. The van der Waals surface area contributed by atoms with Crippen molar-refractivity contribution in [2.45, 2.75) is 32.6 Å². The predicted octanol–water partition coefficient (Wildman–Crippen LogP) is 4.30. The van der Waals surface area contributed by atoms with Crippen molar-refractivity contribution < 1.29 is 9.53 Å². The second-order valence-corrected chi connectivity index (χ2v) is 7.18. The monoisotopic (exact) mass is 382 g/mol. The van der Waals surface area contributed by atoms with Crippen molar-refractivity contribution in [3.05, 3.63) is 48.7 Å². The van der Waals surface area contributed by atoms with Crippen molar-refractivity contribution >= 4 is 17.5 Å². The average Bonchev–Trinajstić information content (AvgIpc) is 2.75. The van der Waals surface area contributed by atoms with E-state index in [0.29, 0.717) is 12.5 Å². The van der Waals surface area contributed by atoms with Crippen LogP contribution in [-0.4, -0.2) is 37.3 Å². The lowest BCUT2D eigenvalue weighted by Crippen LogP contribution is -2.40. The Kier molecular flexibility index (Phi) is 7.53. The molecule has 2 amide bonds.